The van der Waals surface area contributed by atoms with E-state index in [-0.39, 0.29) is 12.5 Å². The van der Waals surface area contributed by atoms with Gasteiger partial charge < -0.3 is 15.2 Å². The number of thiophene rings is 1. The minimum absolute atomic E-state index is 0.180. The lowest BCUT2D eigenvalue weighted by Gasteiger charge is -2.09. The van der Waals surface area contributed by atoms with Crippen LogP contribution in [-0.4, -0.2) is 24.7 Å². The van der Waals surface area contributed by atoms with Gasteiger partial charge in [-0.1, -0.05) is 30.0 Å². The molecule has 4 nitrogen and oxygen atoms in total. The number of methoxy groups -OCH3 is 1. The number of ether oxygens (including phenoxy) is 1. The third kappa shape index (κ3) is 4.17. The smallest absolute Gasteiger partial charge is 0.265 e. The highest BCUT2D eigenvalue weighted by Gasteiger charge is 2.11. The minimum Gasteiger partial charge on any atom is -0.384 e. The van der Waals surface area contributed by atoms with Crippen LogP contribution in [0.2, 0.25) is 0 Å². The van der Waals surface area contributed by atoms with Crippen molar-refractivity contribution in [2.24, 2.45) is 0 Å². The number of para-hydroxylation sites is 1. The van der Waals surface area contributed by atoms with Crippen LogP contribution in [0.25, 0.3) is 0 Å². The lowest BCUT2D eigenvalue weighted by Crippen LogP contribution is -2.11. The summed E-state index contributed by atoms with van der Waals surface area (Å²) in [7, 11) is 1.62. The van der Waals surface area contributed by atoms with Crippen LogP contribution < -0.4 is 5.32 Å². The summed E-state index contributed by atoms with van der Waals surface area (Å²) < 4.78 is 5.11. The minimum atomic E-state index is -0.191. The van der Waals surface area contributed by atoms with E-state index in [0.29, 0.717) is 11.5 Å². The van der Waals surface area contributed by atoms with Gasteiger partial charge in [-0.25, -0.2) is 0 Å². The predicted octanol–water partition coefficient (Wildman–Crippen LogP) is 2.49. The second-order valence-electron chi connectivity index (χ2n) is 4.17. The number of rotatable bonds is 4. The number of benzene rings is 1. The molecule has 0 bridgehead atoms. The van der Waals surface area contributed by atoms with Gasteiger partial charge in [-0.15, -0.1) is 11.3 Å². The Kier molecular flexibility index (Phi) is 5.52. The molecule has 0 fully saturated rings. The fourth-order valence-corrected chi connectivity index (χ4v) is 2.54. The number of amides is 1. The van der Waals surface area contributed by atoms with Crippen LogP contribution in [0, 0.1) is 11.8 Å². The molecule has 2 rings (SSSR count). The number of hydrogen-bond acceptors (Lipinski definition) is 4. The maximum absolute atomic E-state index is 12.2. The predicted molar refractivity (Wildman–Crippen MR) is 83.4 cm³/mol. The van der Waals surface area contributed by atoms with Crippen LogP contribution in [0.5, 0.6) is 0 Å². The first-order valence-electron chi connectivity index (χ1n) is 6.32. The maximum Gasteiger partial charge on any atom is 0.265 e. The number of hydrogen-bond donors (Lipinski definition) is 2. The number of anilines is 1. The van der Waals surface area contributed by atoms with E-state index in [1.165, 1.54) is 11.3 Å². The van der Waals surface area contributed by atoms with Crippen LogP contribution in [-0.2, 0) is 11.3 Å². The summed E-state index contributed by atoms with van der Waals surface area (Å²) in [5.74, 6) is 5.16. The van der Waals surface area contributed by atoms with Gasteiger partial charge in [0, 0.05) is 18.4 Å². The molecule has 0 aliphatic rings. The molecule has 108 valence electrons. The summed E-state index contributed by atoms with van der Waals surface area (Å²) in [6, 6.07) is 11.0. The van der Waals surface area contributed by atoms with Gasteiger partial charge in [-0.3, -0.25) is 4.79 Å². The molecular formula is C16H15NO3S. The molecule has 2 aromatic rings. The molecule has 5 heteroatoms. The molecule has 0 radical (unpaired) electrons. The van der Waals surface area contributed by atoms with Crippen LogP contribution in [0.3, 0.4) is 0 Å². The average molecular weight is 301 g/mol. The molecule has 0 unspecified atom stereocenters. The highest BCUT2D eigenvalue weighted by atomic mass is 32.1. The first kappa shape index (κ1) is 15.3. The average Bonchev–Trinajstić information content (AvgIpc) is 2.96. The van der Waals surface area contributed by atoms with Gasteiger partial charge in [-0.2, -0.15) is 0 Å². The molecule has 1 amide bonds. The van der Waals surface area contributed by atoms with Crippen molar-refractivity contribution in [2.75, 3.05) is 19.0 Å². The van der Waals surface area contributed by atoms with Gasteiger partial charge in [0.05, 0.1) is 16.4 Å². The first-order valence-corrected chi connectivity index (χ1v) is 7.14. The molecule has 0 aliphatic carbocycles. The summed E-state index contributed by atoms with van der Waals surface area (Å²) in [6.45, 7) is 0.248. The Morgan fingerprint density at radius 1 is 1.33 bits per heavy atom. The molecule has 0 atom stereocenters. The summed E-state index contributed by atoms with van der Waals surface area (Å²) in [5, 5.41) is 11.5. The molecule has 0 saturated heterocycles. The topological polar surface area (TPSA) is 58.6 Å². The molecule has 2 N–H and O–H groups in total. The zero-order valence-corrected chi connectivity index (χ0v) is 12.4. The normalized spacial score (nSPS) is 9.81. The molecule has 21 heavy (non-hydrogen) atoms. The highest BCUT2D eigenvalue weighted by Crippen LogP contribution is 2.20. The van der Waals surface area contributed by atoms with Gasteiger partial charge in [-0.05, 0) is 18.2 Å². The monoisotopic (exact) mass is 301 g/mol. The van der Waals surface area contributed by atoms with E-state index in [2.05, 4.69) is 17.2 Å². The molecule has 1 aromatic heterocycles. The van der Waals surface area contributed by atoms with Crippen molar-refractivity contribution in [2.45, 2.75) is 6.61 Å². The Bertz CT molecular complexity index is 682. The largest absolute Gasteiger partial charge is 0.384 e. The second-order valence-corrected chi connectivity index (χ2v) is 5.25. The van der Waals surface area contributed by atoms with Gasteiger partial charge in [0.1, 0.15) is 6.61 Å². The SMILES string of the molecule is COCc1ccccc1NC(=O)c1ccc(C#CCO)s1. The summed E-state index contributed by atoms with van der Waals surface area (Å²) in [4.78, 5) is 13.5. The van der Waals surface area contributed by atoms with Crippen molar-refractivity contribution in [3.63, 3.8) is 0 Å². The summed E-state index contributed by atoms with van der Waals surface area (Å²) in [6.07, 6.45) is 0. The lowest BCUT2D eigenvalue weighted by atomic mass is 10.2. The molecular weight excluding hydrogens is 286 g/mol. The van der Waals surface area contributed by atoms with Crippen molar-refractivity contribution < 1.29 is 14.6 Å². The van der Waals surface area contributed by atoms with Crippen molar-refractivity contribution in [3.05, 3.63) is 51.7 Å². The Morgan fingerprint density at radius 2 is 2.14 bits per heavy atom. The van der Waals surface area contributed by atoms with E-state index >= 15 is 0 Å². The zero-order chi connectivity index (χ0) is 15.1. The Balaban J connectivity index is 2.13. The van der Waals surface area contributed by atoms with Crippen LogP contribution >= 0.6 is 11.3 Å². The lowest BCUT2D eigenvalue weighted by molar-refractivity contribution is 0.103. The third-order valence-electron chi connectivity index (χ3n) is 2.69. The highest BCUT2D eigenvalue weighted by molar-refractivity contribution is 7.14. The van der Waals surface area contributed by atoms with Crippen LogP contribution in [0.15, 0.2) is 36.4 Å². The van der Waals surface area contributed by atoms with E-state index in [1.807, 2.05) is 24.3 Å². The molecule has 0 saturated carbocycles. The van der Waals surface area contributed by atoms with Crippen LogP contribution in [0.4, 0.5) is 5.69 Å². The molecule has 0 spiro atoms. The van der Waals surface area contributed by atoms with E-state index < -0.39 is 0 Å². The Hall–Kier alpha value is -2.13. The van der Waals surface area contributed by atoms with E-state index in [1.54, 1.807) is 19.2 Å². The second kappa shape index (κ2) is 7.60. The fourth-order valence-electron chi connectivity index (χ4n) is 1.76. The van der Waals surface area contributed by atoms with Gasteiger partial charge in [0.2, 0.25) is 0 Å². The van der Waals surface area contributed by atoms with Crippen molar-refractivity contribution in [3.8, 4) is 11.8 Å². The number of carbonyl (C=O) groups is 1. The van der Waals surface area contributed by atoms with Crippen molar-refractivity contribution in [1.29, 1.82) is 0 Å². The number of aliphatic hydroxyl groups is 1. The first-order chi connectivity index (χ1) is 10.2. The standard InChI is InChI=1S/C16H15NO3S/c1-20-11-12-5-2-3-7-14(12)17-16(19)15-9-8-13(21-15)6-4-10-18/h2-3,5,7-9,18H,10-11H2,1H3,(H,17,19). The van der Waals surface area contributed by atoms with Crippen molar-refractivity contribution in [1.82, 2.24) is 0 Å². The maximum atomic E-state index is 12.2. The quantitative estimate of drug-likeness (QED) is 0.853. The molecule has 0 aliphatic heterocycles. The third-order valence-corrected chi connectivity index (χ3v) is 3.69. The number of nitrogens with one attached hydrogen (secondary N) is 1. The zero-order valence-electron chi connectivity index (χ0n) is 11.6. The van der Waals surface area contributed by atoms with Gasteiger partial charge >= 0.3 is 0 Å². The van der Waals surface area contributed by atoms with Crippen molar-refractivity contribution >= 4 is 22.9 Å². The number of carbonyl (C=O) groups excluding carboxylic acids is 1. The van der Waals surface area contributed by atoms with Gasteiger partial charge in [0.25, 0.3) is 5.91 Å². The molecule has 1 aromatic carbocycles. The van der Waals surface area contributed by atoms with E-state index in [0.717, 1.165) is 16.1 Å². The summed E-state index contributed by atoms with van der Waals surface area (Å²) in [5.41, 5.74) is 1.66. The van der Waals surface area contributed by atoms with Crippen LogP contribution in [0.1, 0.15) is 20.1 Å². The van der Waals surface area contributed by atoms with Gasteiger partial charge in [0.15, 0.2) is 0 Å². The Morgan fingerprint density at radius 3 is 2.90 bits per heavy atom. The molecule has 1 heterocycles. The number of aliphatic hydroxyl groups excluding tert-OH is 1. The van der Waals surface area contributed by atoms with E-state index in [9.17, 15) is 4.79 Å². The van der Waals surface area contributed by atoms with E-state index in [4.69, 9.17) is 9.84 Å². The Labute approximate surface area is 127 Å². The fraction of sp³-hybridized carbons (Fsp3) is 0.188. The summed E-state index contributed by atoms with van der Waals surface area (Å²) >= 11 is 1.29.